The fraction of sp³-hybridized carbons (Fsp3) is 0.281. The third-order valence-corrected chi connectivity index (χ3v) is 8.45. The zero-order valence-corrected chi connectivity index (χ0v) is 23.4. The van der Waals surface area contributed by atoms with E-state index in [1.165, 1.54) is 18.2 Å². The molecule has 1 aliphatic rings. The van der Waals surface area contributed by atoms with E-state index in [0.29, 0.717) is 29.2 Å². The standard InChI is InChI=1S/C32H28F3N3O3S/c33-32(34,35)41-23-5-3-4-19(14-23)17-37-31(40)25-18-36-26-12-10-21(15-24(25)26)22-11-13-27-29(16-22)42-30(38-27)7-2-1-6-28(39)20-8-9-20/h3-5,10-16,18,20,36H,1-2,6-9,17H2,(H,37,40). The van der Waals surface area contributed by atoms with Gasteiger partial charge >= 0.3 is 6.36 Å². The van der Waals surface area contributed by atoms with Crippen molar-refractivity contribution in [2.24, 2.45) is 5.92 Å². The largest absolute Gasteiger partial charge is 0.573 e. The summed E-state index contributed by atoms with van der Waals surface area (Å²) in [5.74, 6) is 0.0572. The van der Waals surface area contributed by atoms with Crippen LogP contribution in [-0.4, -0.2) is 28.0 Å². The molecule has 0 spiro atoms. The van der Waals surface area contributed by atoms with E-state index >= 15 is 0 Å². The van der Waals surface area contributed by atoms with Gasteiger partial charge in [-0.2, -0.15) is 0 Å². The van der Waals surface area contributed by atoms with E-state index in [4.69, 9.17) is 4.98 Å². The Bertz CT molecular complexity index is 1770. The van der Waals surface area contributed by atoms with Crippen molar-refractivity contribution in [3.8, 4) is 16.9 Å². The van der Waals surface area contributed by atoms with Crippen LogP contribution in [0.2, 0.25) is 0 Å². The van der Waals surface area contributed by atoms with Gasteiger partial charge < -0.3 is 15.0 Å². The molecule has 216 valence electrons. The smallest absolute Gasteiger partial charge is 0.406 e. The van der Waals surface area contributed by atoms with Gasteiger partial charge in [-0.3, -0.25) is 9.59 Å². The lowest BCUT2D eigenvalue weighted by molar-refractivity contribution is -0.274. The van der Waals surface area contributed by atoms with E-state index < -0.39 is 6.36 Å². The summed E-state index contributed by atoms with van der Waals surface area (Å²) in [6.07, 6.45) is 2.36. The summed E-state index contributed by atoms with van der Waals surface area (Å²) in [7, 11) is 0. The Hall–Kier alpha value is -4.18. The minimum absolute atomic E-state index is 0.0431. The second-order valence-corrected chi connectivity index (χ2v) is 11.7. The zero-order valence-electron chi connectivity index (χ0n) is 22.6. The Balaban J connectivity index is 1.13. The summed E-state index contributed by atoms with van der Waals surface area (Å²) in [6.45, 7) is 0.0431. The lowest BCUT2D eigenvalue weighted by atomic mass is 10.0. The van der Waals surface area contributed by atoms with E-state index in [-0.39, 0.29) is 18.2 Å². The first-order chi connectivity index (χ1) is 20.2. The number of aryl methyl sites for hydroxylation is 1. The number of rotatable bonds is 11. The third-order valence-electron chi connectivity index (χ3n) is 7.37. The highest BCUT2D eigenvalue weighted by Gasteiger charge is 2.31. The molecule has 0 radical (unpaired) electrons. The highest BCUT2D eigenvalue weighted by molar-refractivity contribution is 7.18. The molecular weight excluding hydrogens is 563 g/mol. The van der Waals surface area contributed by atoms with E-state index in [2.05, 4.69) is 21.1 Å². The highest BCUT2D eigenvalue weighted by Crippen LogP contribution is 2.33. The first-order valence-corrected chi connectivity index (χ1v) is 14.7. The van der Waals surface area contributed by atoms with Gasteiger partial charge in [0.2, 0.25) is 0 Å². The van der Waals surface area contributed by atoms with E-state index in [1.54, 1.807) is 23.6 Å². The zero-order chi connectivity index (χ0) is 29.3. The Morgan fingerprint density at radius 3 is 2.64 bits per heavy atom. The van der Waals surface area contributed by atoms with Crippen LogP contribution in [0.4, 0.5) is 13.2 Å². The number of carbonyl (C=O) groups excluding carboxylic acids is 2. The minimum atomic E-state index is -4.78. The number of hydrogen-bond donors (Lipinski definition) is 2. The topological polar surface area (TPSA) is 84.1 Å². The summed E-state index contributed by atoms with van der Waals surface area (Å²) >= 11 is 1.67. The van der Waals surface area contributed by atoms with Crippen molar-refractivity contribution < 1.29 is 27.5 Å². The number of halogens is 3. The fourth-order valence-electron chi connectivity index (χ4n) is 5.06. The molecule has 1 amide bonds. The molecule has 6 rings (SSSR count). The molecule has 6 nitrogen and oxygen atoms in total. The molecule has 3 aromatic carbocycles. The number of nitrogens with zero attached hydrogens (tertiary/aromatic N) is 1. The first kappa shape index (κ1) is 28.0. The van der Waals surface area contributed by atoms with Crippen molar-refractivity contribution in [2.45, 2.75) is 51.4 Å². The number of thiazole rings is 1. The molecule has 1 saturated carbocycles. The second kappa shape index (κ2) is 11.6. The molecule has 0 aliphatic heterocycles. The van der Waals surface area contributed by atoms with Gasteiger partial charge in [0.25, 0.3) is 5.91 Å². The normalized spacial score (nSPS) is 13.5. The molecule has 1 fully saturated rings. The van der Waals surface area contributed by atoms with Crippen LogP contribution in [-0.2, 0) is 17.8 Å². The Morgan fingerprint density at radius 1 is 1.02 bits per heavy atom. The van der Waals surface area contributed by atoms with Gasteiger partial charge in [0.15, 0.2) is 0 Å². The maximum Gasteiger partial charge on any atom is 0.573 e. The molecule has 2 heterocycles. The minimum Gasteiger partial charge on any atom is -0.406 e. The van der Waals surface area contributed by atoms with Crippen LogP contribution in [0.1, 0.15) is 53.0 Å². The van der Waals surface area contributed by atoms with Crippen molar-refractivity contribution in [3.63, 3.8) is 0 Å². The molecule has 0 unspecified atom stereocenters. The lowest BCUT2D eigenvalue weighted by Crippen LogP contribution is -2.22. The molecule has 2 N–H and O–H groups in total. The molecule has 0 bridgehead atoms. The number of fused-ring (bicyclic) bond motifs is 2. The van der Waals surface area contributed by atoms with Gasteiger partial charge in [-0.1, -0.05) is 24.3 Å². The van der Waals surface area contributed by atoms with Crippen molar-refractivity contribution in [1.82, 2.24) is 15.3 Å². The van der Waals surface area contributed by atoms with Gasteiger partial charge in [0.1, 0.15) is 11.5 Å². The number of H-pyrrole nitrogens is 1. The van der Waals surface area contributed by atoms with Crippen molar-refractivity contribution in [2.75, 3.05) is 0 Å². The highest BCUT2D eigenvalue weighted by atomic mass is 32.1. The molecule has 5 aromatic rings. The summed E-state index contributed by atoms with van der Waals surface area (Å²) < 4.78 is 42.7. The van der Waals surface area contributed by atoms with Crippen LogP contribution in [0.5, 0.6) is 5.75 Å². The number of nitrogens with one attached hydrogen (secondary N) is 2. The maximum atomic E-state index is 13.0. The van der Waals surface area contributed by atoms with Crippen LogP contribution in [0.3, 0.4) is 0 Å². The number of unbranched alkanes of at least 4 members (excludes halogenated alkanes) is 1. The summed E-state index contributed by atoms with van der Waals surface area (Å²) in [5, 5.41) is 4.59. The molecule has 10 heteroatoms. The predicted molar refractivity (Wildman–Crippen MR) is 156 cm³/mol. The number of aromatic amines is 1. The molecular formula is C32H28F3N3O3S. The average molecular weight is 592 g/mol. The number of carbonyl (C=O) groups is 2. The Labute approximate surface area is 243 Å². The number of benzene rings is 3. The Kier molecular flexibility index (Phi) is 7.72. The van der Waals surface area contributed by atoms with E-state index in [9.17, 15) is 22.8 Å². The van der Waals surface area contributed by atoms with Crippen LogP contribution < -0.4 is 10.1 Å². The third kappa shape index (κ3) is 6.65. The predicted octanol–water partition coefficient (Wildman–Crippen LogP) is 7.97. The van der Waals surface area contributed by atoms with Gasteiger partial charge in [0, 0.05) is 36.0 Å². The number of alkyl halides is 3. The molecule has 0 saturated heterocycles. The van der Waals surface area contributed by atoms with Crippen LogP contribution >= 0.6 is 11.3 Å². The van der Waals surface area contributed by atoms with Gasteiger partial charge in [-0.05, 0) is 85.2 Å². The number of Topliss-reactive ketones (excluding diaryl/α,β-unsaturated/α-hetero) is 1. The van der Waals surface area contributed by atoms with E-state index in [0.717, 1.165) is 69.4 Å². The quantitative estimate of drug-likeness (QED) is 0.153. The van der Waals surface area contributed by atoms with Gasteiger partial charge in [-0.15, -0.1) is 24.5 Å². The van der Waals surface area contributed by atoms with Gasteiger partial charge in [0.05, 0.1) is 20.8 Å². The summed E-state index contributed by atoms with van der Waals surface area (Å²) in [5.41, 5.74) is 4.61. The van der Waals surface area contributed by atoms with Crippen LogP contribution in [0, 0.1) is 5.92 Å². The number of aromatic nitrogens is 2. The monoisotopic (exact) mass is 591 g/mol. The maximum absolute atomic E-state index is 13.0. The van der Waals surface area contributed by atoms with E-state index in [1.807, 2.05) is 30.3 Å². The van der Waals surface area contributed by atoms with Crippen LogP contribution in [0.25, 0.3) is 32.2 Å². The van der Waals surface area contributed by atoms with Crippen molar-refractivity contribution in [1.29, 1.82) is 0 Å². The number of ether oxygens (including phenoxy) is 1. The molecule has 2 aromatic heterocycles. The van der Waals surface area contributed by atoms with Gasteiger partial charge in [-0.25, -0.2) is 4.98 Å². The SMILES string of the molecule is O=C(NCc1cccc(OC(F)(F)F)c1)c1c[nH]c2ccc(-c3ccc4nc(CCCCC(=O)C5CC5)sc4c3)cc12. The Morgan fingerprint density at radius 2 is 1.83 bits per heavy atom. The fourth-order valence-corrected chi connectivity index (χ4v) is 6.11. The number of hydrogen-bond acceptors (Lipinski definition) is 5. The average Bonchev–Trinajstić information content (AvgIpc) is 3.60. The van der Waals surface area contributed by atoms with Crippen molar-refractivity contribution >= 4 is 44.1 Å². The number of amides is 1. The lowest BCUT2D eigenvalue weighted by Gasteiger charge is -2.10. The molecule has 1 aliphatic carbocycles. The second-order valence-electron chi connectivity index (χ2n) is 10.6. The van der Waals surface area contributed by atoms with Crippen LogP contribution in [0.15, 0.2) is 66.9 Å². The summed E-state index contributed by atoms with van der Waals surface area (Å²) in [6, 6.07) is 17.5. The number of ketones is 1. The molecule has 0 atom stereocenters. The summed E-state index contributed by atoms with van der Waals surface area (Å²) in [4.78, 5) is 32.9. The first-order valence-electron chi connectivity index (χ1n) is 13.9. The van der Waals surface area contributed by atoms with Crippen molar-refractivity contribution in [3.05, 3.63) is 83.0 Å². The molecule has 42 heavy (non-hydrogen) atoms.